The highest BCUT2D eigenvalue weighted by molar-refractivity contribution is 7.99. The lowest BCUT2D eigenvalue weighted by atomic mass is 9.73. The van der Waals surface area contributed by atoms with E-state index in [4.69, 9.17) is 5.10 Å². The molecule has 0 bridgehead atoms. The monoisotopic (exact) mass is 396 g/mol. The van der Waals surface area contributed by atoms with E-state index in [0.717, 1.165) is 40.1 Å². The number of rotatable bonds is 4. The van der Waals surface area contributed by atoms with Crippen LogP contribution in [-0.4, -0.2) is 26.3 Å². The molecular weight excluding hydrogens is 368 g/mol. The number of ketones is 1. The van der Waals surface area contributed by atoms with Gasteiger partial charge < -0.3 is 5.32 Å². The number of carbonyl (C=O) groups is 1. The summed E-state index contributed by atoms with van der Waals surface area (Å²) in [4.78, 5) is 17.9. The number of Topliss-reactive ketones (excluding diaryl/α,β-unsaturated/α-hetero) is 1. The molecule has 4 rings (SSSR count). The number of benzene rings is 1. The van der Waals surface area contributed by atoms with Gasteiger partial charge in [-0.25, -0.2) is 4.68 Å². The maximum absolute atomic E-state index is 13.2. The standard InChI is InChI=1S/C22H28N4OS/c1-6-28-21-24-20-23-16-11-22(4,5)12-17(27)18(16)19(26(20)25-21)15-9-7-14(8-10-15)13(2)3/h7-10,13,19H,6,11-12H2,1-5H3,(H,23,24,25). The molecular formula is C22H28N4OS. The number of nitrogens with one attached hydrogen (secondary N) is 1. The summed E-state index contributed by atoms with van der Waals surface area (Å²) >= 11 is 1.62. The zero-order valence-electron chi connectivity index (χ0n) is 17.2. The normalized spacial score (nSPS) is 20.8. The lowest BCUT2D eigenvalue weighted by molar-refractivity contribution is -0.118. The number of nitrogens with zero attached hydrogens (tertiary/aromatic N) is 3. The van der Waals surface area contributed by atoms with Gasteiger partial charge in [-0.3, -0.25) is 4.79 Å². The summed E-state index contributed by atoms with van der Waals surface area (Å²) in [6.45, 7) is 10.8. The average molecular weight is 397 g/mol. The third kappa shape index (κ3) is 3.39. The van der Waals surface area contributed by atoms with Crippen molar-refractivity contribution in [1.29, 1.82) is 0 Å². The summed E-state index contributed by atoms with van der Waals surface area (Å²) in [6, 6.07) is 8.40. The highest BCUT2D eigenvalue weighted by Gasteiger charge is 2.41. The molecule has 0 spiro atoms. The Morgan fingerprint density at radius 1 is 1.25 bits per heavy atom. The zero-order chi connectivity index (χ0) is 20.1. The molecule has 2 aliphatic rings. The SMILES string of the molecule is CCSc1nc2n(n1)C(c1ccc(C(C)C)cc1)C1=C(CC(C)(C)CC1=O)N2. The summed E-state index contributed by atoms with van der Waals surface area (Å²) in [5.41, 5.74) is 4.20. The first-order valence-electron chi connectivity index (χ1n) is 10.0. The second-order valence-electron chi connectivity index (χ2n) is 8.78. The van der Waals surface area contributed by atoms with E-state index >= 15 is 0 Å². The number of allylic oxidation sites excluding steroid dienone is 2. The molecule has 28 heavy (non-hydrogen) atoms. The molecule has 1 unspecified atom stereocenters. The first-order valence-corrected chi connectivity index (χ1v) is 11.0. The van der Waals surface area contributed by atoms with Crippen LogP contribution in [0.2, 0.25) is 0 Å². The Bertz CT molecular complexity index is 940. The lowest BCUT2D eigenvalue weighted by Gasteiger charge is -2.38. The number of anilines is 1. The first-order chi connectivity index (χ1) is 13.3. The maximum atomic E-state index is 13.2. The Kier molecular flexibility index (Phi) is 4.86. The largest absolute Gasteiger partial charge is 0.328 e. The van der Waals surface area contributed by atoms with E-state index < -0.39 is 0 Å². The molecule has 0 saturated carbocycles. The summed E-state index contributed by atoms with van der Waals surface area (Å²) in [7, 11) is 0. The van der Waals surface area contributed by atoms with Gasteiger partial charge in [-0.15, -0.1) is 5.10 Å². The van der Waals surface area contributed by atoms with E-state index in [1.54, 1.807) is 11.8 Å². The van der Waals surface area contributed by atoms with E-state index in [0.29, 0.717) is 12.3 Å². The van der Waals surface area contributed by atoms with Crippen LogP contribution in [0.15, 0.2) is 40.7 Å². The Morgan fingerprint density at radius 2 is 1.96 bits per heavy atom. The predicted octanol–water partition coefficient (Wildman–Crippen LogP) is 5.17. The van der Waals surface area contributed by atoms with E-state index in [2.05, 4.69) is 69.2 Å². The number of carbonyl (C=O) groups excluding carboxylic acids is 1. The van der Waals surface area contributed by atoms with Gasteiger partial charge in [-0.05, 0) is 34.6 Å². The summed E-state index contributed by atoms with van der Waals surface area (Å²) in [5.74, 6) is 2.33. The van der Waals surface area contributed by atoms with Gasteiger partial charge >= 0.3 is 0 Å². The van der Waals surface area contributed by atoms with Crippen LogP contribution >= 0.6 is 11.8 Å². The second-order valence-corrected chi connectivity index (χ2v) is 10.0. The van der Waals surface area contributed by atoms with Crippen LogP contribution in [0, 0.1) is 5.41 Å². The molecule has 148 valence electrons. The van der Waals surface area contributed by atoms with Gasteiger partial charge in [0.1, 0.15) is 6.04 Å². The van der Waals surface area contributed by atoms with Gasteiger partial charge in [0.2, 0.25) is 11.1 Å². The fourth-order valence-corrected chi connectivity index (χ4v) is 4.71. The number of hydrogen-bond acceptors (Lipinski definition) is 5. The van der Waals surface area contributed by atoms with Crippen LogP contribution in [0.4, 0.5) is 5.95 Å². The highest BCUT2D eigenvalue weighted by Crippen LogP contribution is 2.45. The third-order valence-corrected chi connectivity index (χ3v) is 6.22. The summed E-state index contributed by atoms with van der Waals surface area (Å²) in [6.07, 6.45) is 1.41. The smallest absolute Gasteiger partial charge is 0.227 e. The van der Waals surface area contributed by atoms with Gasteiger partial charge in [0, 0.05) is 17.7 Å². The van der Waals surface area contributed by atoms with Crippen LogP contribution in [-0.2, 0) is 4.79 Å². The van der Waals surface area contributed by atoms with Crippen molar-refractivity contribution < 1.29 is 4.79 Å². The van der Waals surface area contributed by atoms with Gasteiger partial charge in [0.05, 0.1) is 0 Å². The molecule has 1 aromatic carbocycles. The number of hydrogen-bond donors (Lipinski definition) is 1. The molecule has 1 aliphatic carbocycles. The van der Waals surface area contributed by atoms with Crippen molar-refractivity contribution in [3.8, 4) is 0 Å². The molecule has 1 N–H and O–H groups in total. The number of fused-ring (bicyclic) bond motifs is 1. The molecule has 1 aromatic heterocycles. The fraction of sp³-hybridized carbons (Fsp3) is 0.500. The molecule has 5 nitrogen and oxygen atoms in total. The Labute approximate surface area is 171 Å². The molecule has 0 amide bonds. The zero-order valence-corrected chi connectivity index (χ0v) is 18.1. The summed E-state index contributed by atoms with van der Waals surface area (Å²) < 4.78 is 1.90. The number of thioether (sulfide) groups is 1. The van der Waals surface area contributed by atoms with Crippen molar-refractivity contribution in [3.63, 3.8) is 0 Å². The average Bonchev–Trinajstić information content (AvgIpc) is 3.01. The van der Waals surface area contributed by atoms with Crippen molar-refractivity contribution in [2.45, 2.75) is 64.6 Å². The highest BCUT2D eigenvalue weighted by atomic mass is 32.2. The molecule has 2 aromatic rings. The molecule has 1 atom stereocenters. The summed E-state index contributed by atoms with van der Waals surface area (Å²) in [5, 5.41) is 8.92. The van der Waals surface area contributed by atoms with E-state index in [-0.39, 0.29) is 17.2 Å². The lowest BCUT2D eigenvalue weighted by Crippen LogP contribution is -2.36. The van der Waals surface area contributed by atoms with Crippen molar-refractivity contribution in [3.05, 3.63) is 46.7 Å². The van der Waals surface area contributed by atoms with Gasteiger partial charge in [0.25, 0.3) is 0 Å². The van der Waals surface area contributed by atoms with Gasteiger partial charge in [0.15, 0.2) is 5.78 Å². The van der Waals surface area contributed by atoms with Crippen LogP contribution in [0.3, 0.4) is 0 Å². The van der Waals surface area contributed by atoms with Crippen molar-refractivity contribution in [2.24, 2.45) is 5.41 Å². The third-order valence-electron chi connectivity index (χ3n) is 5.50. The maximum Gasteiger partial charge on any atom is 0.227 e. The topological polar surface area (TPSA) is 59.8 Å². The predicted molar refractivity (Wildman–Crippen MR) is 114 cm³/mol. The van der Waals surface area contributed by atoms with E-state index in [1.165, 1.54) is 5.56 Å². The first kappa shape index (κ1) is 19.2. The van der Waals surface area contributed by atoms with Crippen molar-refractivity contribution in [2.75, 3.05) is 11.1 Å². The Hall–Kier alpha value is -2.08. The molecule has 0 radical (unpaired) electrons. The quantitative estimate of drug-likeness (QED) is 0.722. The minimum absolute atomic E-state index is 0.0435. The van der Waals surface area contributed by atoms with E-state index in [9.17, 15) is 4.79 Å². The van der Waals surface area contributed by atoms with Gasteiger partial charge in [-0.1, -0.05) is 70.6 Å². The Balaban J connectivity index is 1.84. The Morgan fingerprint density at radius 3 is 2.61 bits per heavy atom. The molecule has 2 heterocycles. The number of aromatic nitrogens is 3. The van der Waals surface area contributed by atoms with Crippen LogP contribution < -0.4 is 5.32 Å². The molecule has 1 aliphatic heterocycles. The second kappa shape index (κ2) is 7.07. The van der Waals surface area contributed by atoms with Crippen molar-refractivity contribution >= 4 is 23.5 Å². The van der Waals surface area contributed by atoms with E-state index in [1.807, 2.05) is 4.68 Å². The minimum Gasteiger partial charge on any atom is -0.328 e. The van der Waals surface area contributed by atoms with Gasteiger partial charge in [-0.2, -0.15) is 4.98 Å². The fourth-order valence-electron chi connectivity index (χ4n) is 4.15. The van der Waals surface area contributed by atoms with Crippen LogP contribution in [0.5, 0.6) is 0 Å². The van der Waals surface area contributed by atoms with Crippen LogP contribution in [0.1, 0.15) is 70.5 Å². The van der Waals surface area contributed by atoms with Crippen LogP contribution in [0.25, 0.3) is 0 Å². The molecule has 0 fully saturated rings. The molecule has 0 saturated heterocycles. The minimum atomic E-state index is -0.213. The van der Waals surface area contributed by atoms with Crippen molar-refractivity contribution in [1.82, 2.24) is 14.8 Å². The molecule has 6 heteroatoms.